The third-order valence-electron chi connectivity index (χ3n) is 2.14. The highest BCUT2D eigenvalue weighted by Crippen LogP contribution is 2.23. The average molecular weight is 304 g/mol. The lowest BCUT2D eigenvalue weighted by Gasteiger charge is -2.06. The van der Waals surface area contributed by atoms with E-state index in [0.29, 0.717) is 0 Å². The van der Waals surface area contributed by atoms with Crippen LogP contribution in [0.1, 0.15) is 0 Å². The Balaban J connectivity index is 2.49. The van der Waals surface area contributed by atoms with Crippen LogP contribution in [0.5, 0.6) is 0 Å². The van der Waals surface area contributed by atoms with Gasteiger partial charge in [-0.25, -0.2) is 18.9 Å². The Morgan fingerprint density at radius 1 is 1.58 bits per heavy atom. The van der Waals surface area contributed by atoms with Crippen molar-refractivity contribution in [1.82, 2.24) is 14.8 Å². The molecule has 1 aromatic heterocycles. The number of aliphatic carboxylic acids is 1. The standard InChI is InChI=1S/C10H7ClFN3O3S/c11-5-2-1-3-6(8(5)12)15-9(18)13-14-10(15)19-4-7(16)17/h1-3H,4H2,(H,13,18)(H,16,17). The summed E-state index contributed by atoms with van der Waals surface area (Å²) in [5.74, 6) is -2.14. The van der Waals surface area contributed by atoms with Gasteiger partial charge in [0.25, 0.3) is 0 Å². The molecule has 0 aliphatic rings. The molecular weight excluding hydrogens is 297 g/mol. The Labute approximate surface area is 115 Å². The minimum absolute atomic E-state index is 0.0496. The summed E-state index contributed by atoms with van der Waals surface area (Å²) in [4.78, 5) is 22.1. The summed E-state index contributed by atoms with van der Waals surface area (Å²) in [6.07, 6.45) is 0. The van der Waals surface area contributed by atoms with Crippen LogP contribution in [0.15, 0.2) is 28.2 Å². The van der Waals surface area contributed by atoms with Gasteiger partial charge in [0.1, 0.15) is 0 Å². The van der Waals surface area contributed by atoms with E-state index in [1.165, 1.54) is 18.2 Å². The number of nitrogens with zero attached hydrogens (tertiary/aromatic N) is 2. The molecule has 0 bridgehead atoms. The molecule has 0 atom stereocenters. The second kappa shape index (κ2) is 5.45. The Bertz CT molecular complexity index is 685. The molecule has 0 unspecified atom stereocenters. The topological polar surface area (TPSA) is 88.0 Å². The first-order valence-electron chi connectivity index (χ1n) is 4.97. The highest BCUT2D eigenvalue weighted by Gasteiger charge is 2.16. The summed E-state index contributed by atoms with van der Waals surface area (Å²) in [6.45, 7) is 0. The van der Waals surface area contributed by atoms with Crippen molar-refractivity contribution in [2.45, 2.75) is 5.16 Å². The predicted octanol–water partition coefficient (Wildman–Crippen LogP) is 1.53. The highest BCUT2D eigenvalue weighted by molar-refractivity contribution is 7.99. The molecule has 1 aromatic carbocycles. The molecule has 0 spiro atoms. The number of carboxylic acids is 1. The molecule has 0 aliphatic heterocycles. The summed E-state index contributed by atoms with van der Waals surface area (Å²) >= 11 is 6.44. The zero-order valence-corrected chi connectivity index (χ0v) is 10.8. The molecule has 0 saturated heterocycles. The van der Waals surface area contributed by atoms with Crippen molar-refractivity contribution in [1.29, 1.82) is 0 Å². The lowest BCUT2D eigenvalue weighted by Crippen LogP contribution is -2.17. The molecule has 0 saturated carbocycles. The molecule has 6 nitrogen and oxygen atoms in total. The fraction of sp³-hybridized carbons (Fsp3) is 0.100. The summed E-state index contributed by atoms with van der Waals surface area (Å²) in [7, 11) is 0. The Morgan fingerprint density at radius 3 is 3.00 bits per heavy atom. The number of carboxylic acid groups (broad SMARTS) is 1. The first-order valence-corrected chi connectivity index (χ1v) is 6.33. The van der Waals surface area contributed by atoms with E-state index in [2.05, 4.69) is 10.2 Å². The normalized spacial score (nSPS) is 10.6. The fourth-order valence-electron chi connectivity index (χ4n) is 1.38. The number of hydrogen-bond acceptors (Lipinski definition) is 4. The number of aromatic amines is 1. The van der Waals surface area contributed by atoms with E-state index in [1.807, 2.05) is 0 Å². The molecule has 0 amide bonds. The number of rotatable bonds is 4. The first kappa shape index (κ1) is 13.6. The largest absolute Gasteiger partial charge is 0.481 e. The minimum Gasteiger partial charge on any atom is -0.481 e. The van der Waals surface area contributed by atoms with Gasteiger partial charge in [-0.1, -0.05) is 29.4 Å². The molecule has 0 fully saturated rings. The van der Waals surface area contributed by atoms with Gasteiger partial charge in [0.05, 0.1) is 16.5 Å². The molecule has 0 radical (unpaired) electrons. The first-order chi connectivity index (χ1) is 9.00. The minimum atomic E-state index is -1.07. The van der Waals surface area contributed by atoms with Crippen LogP contribution < -0.4 is 5.69 Å². The molecule has 2 rings (SSSR count). The number of benzene rings is 1. The van der Waals surface area contributed by atoms with E-state index in [1.54, 1.807) is 0 Å². The van der Waals surface area contributed by atoms with Gasteiger partial charge < -0.3 is 5.11 Å². The van der Waals surface area contributed by atoms with Crippen molar-refractivity contribution in [3.05, 3.63) is 39.5 Å². The highest BCUT2D eigenvalue weighted by atomic mass is 35.5. The van der Waals surface area contributed by atoms with Crippen molar-refractivity contribution in [2.75, 3.05) is 5.75 Å². The van der Waals surface area contributed by atoms with Crippen molar-refractivity contribution in [3.8, 4) is 5.69 Å². The van der Waals surface area contributed by atoms with E-state index < -0.39 is 17.5 Å². The summed E-state index contributed by atoms with van der Waals surface area (Å²) in [5.41, 5.74) is -0.756. The third-order valence-corrected chi connectivity index (χ3v) is 3.35. The summed E-state index contributed by atoms with van der Waals surface area (Å²) < 4.78 is 14.8. The molecule has 9 heteroatoms. The van der Waals surface area contributed by atoms with Gasteiger partial charge in [-0.3, -0.25) is 4.79 Å². The second-order valence-electron chi connectivity index (χ2n) is 3.40. The van der Waals surface area contributed by atoms with Crippen LogP contribution in [0, 0.1) is 5.82 Å². The number of thioether (sulfide) groups is 1. The fourth-order valence-corrected chi connectivity index (χ4v) is 2.23. The number of halogens is 2. The predicted molar refractivity (Wildman–Crippen MR) is 67.5 cm³/mol. The van der Waals surface area contributed by atoms with E-state index in [4.69, 9.17) is 16.7 Å². The molecule has 0 aliphatic carbocycles. The van der Waals surface area contributed by atoms with Gasteiger partial charge in [-0.15, -0.1) is 5.10 Å². The monoisotopic (exact) mass is 303 g/mol. The molecule has 19 heavy (non-hydrogen) atoms. The van der Waals surface area contributed by atoms with Crippen LogP contribution in [-0.4, -0.2) is 31.6 Å². The lowest BCUT2D eigenvalue weighted by molar-refractivity contribution is -0.133. The number of nitrogens with one attached hydrogen (secondary N) is 1. The Kier molecular flexibility index (Phi) is 3.91. The summed E-state index contributed by atoms with van der Waals surface area (Å²) in [6, 6.07) is 4.17. The number of carbonyl (C=O) groups is 1. The van der Waals surface area contributed by atoms with E-state index in [9.17, 15) is 14.0 Å². The van der Waals surface area contributed by atoms with E-state index in [-0.39, 0.29) is 21.6 Å². The maximum Gasteiger partial charge on any atom is 0.348 e. The van der Waals surface area contributed by atoms with Gasteiger partial charge >= 0.3 is 11.7 Å². The van der Waals surface area contributed by atoms with Crippen LogP contribution in [0.2, 0.25) is 5.02 Å². The van der Waals surface area contributed by atoms with Gasteiger partial charge in [-0.05, 0) is 12.1 Å². The average Bonchev–Trinajstić information content (AvgIpc) is 2.72. The number of H-pyrrole nitrogens is 1. The summed E-state index contributed by atoms with van der Waals surface area (Å²) in [5, 5.41) is 14.3. The SMILES string of the molecule is O=C(O)CSc1n[nH]c(=O)n1-c1cccc(Cl)c1F. The lowest BCUT2D eigenvalue weighted by atomic mass is 10.3. The van der Waals surface area contributed by atoms with Crippen molar-refractivity contribution in [2.24, 2.45) is 0 Å². The van der Waals surface area contributed by atoms with Crippen LogP contribution in [-0.2, 0) is 4.79 Å². The van der Waals surface area contributed by atoms with Crippen molar-refractivity contribution >= 4 is 29.3 Å². The van der Waals surface area contributed by atoms with E-state index >= 15 is 0 Å². The quantitative estimate of drug-likeness (QED) is 0.836. The molecular formula is C10H7ClFN3O3S. The van der Waals surface area contributed by atoms with Gasteiger partial charge in [0, 0.05) is 0 Å². The van der Waals surface area contributed by atoms with Crippen LogP contribution in [0.25, 0.3) is 5.69 Å². The third kappa shape index (κ3) is 2.79. The Morgan fingerprint density at radius 2 is 2.32 bits per heavy atom. The molecule has 2 aromatic rings. The maximum atomic E-state index is 13.9. The number of hydrogen-bond donors (Lipinski definition) is 2. The molecule has 2 N–H and O–H groups in total. The zero-order valence-electron chi connectivity index (χ0n) is 9.26. The van der Waals surface area contributed by atoms with Crippen LogP contribution in [0.3, 0.4) is 0 Å². The maximum absolute atomic E-state index is 13.9. The molecule has 1 heterocycles. The van der Waals surface area contributed by atoms with E-state index in [0.717, 1.165) is 16.3 Å². The molecule has 100 valence electrons. The van der Waals surface area contributed by atoms with Crippen molar-refractivity contribution < 1.29 is 14.3 Å². The van der Waals surface area contributed by atoms with Gasteiger partial charge in [0.2, 0.25) is 0 Å². The van der Waals surface area contributed by atoms with Crippen LogP contribution >= 0.6 is 23.4 Å². The smallest absolute Gasteiger partial charge is 0.348 e. The zero-order chi connectivity index (χ0) is 14.0. The number of aromatic nitrogens is 3. The second-order valence-corrected chi connectivity index (χ2v) is 4.75. The van der Waals surface area contributed by atoms with Crippen molar-refractivity contribution in [3.63, 3.8) is 0 Å². The Hall–Kier alpha value is -1.80. The van der Waals surface area contributed by atoms with Gasteiger partial charge in [0.15, 0.2) is 11.0 Å². The van der Waals surface area contributed by atoms with Gasteiger partial charge in [-0.2, -0.15) is 0 Å². The van der Waals surface area contributed by atoms with Crippen LogP contribution in [0.4, 0.5) is 4.39 Å².